The molecule has 29 heavy (non-hydrogen) atoms. The molecular weight excluding hydrogens is 455 g/mol. The van der Waals surface area contributed by atoms with E-state index in [1.54, 1.807) is 23.1 Å². The van der Waals surface area contributed by atoms with Crippen molar-refractivity contribution >= 4 is 55.4 Å². The van der Waals surface area contributed by atoms with Gasteiger partial charge < -0.3 is 4.74 Å². The highest BCUT2D eigenvalue weighted by Gasteiger charge is 2.37. The third kappa shape index (κ3) is 4.77. The highest BCUT2D eigenvalue weighted by molar-refractivity contribution is 7.91. The average Bonchev–Trinajstić information content (AvgIpc) is 3.40. The Morgan fingerprint density at radius 2 is 2.14 bits per heavy atom. The summed E-state index contributed by atoms with van der Waals surface area (Å²) in [6.45, 7) is 1.05. The fraction of sp³-hybridized carbons (Fsp3) is 0.474. The van der Waals surface area contributed by atoms with Crippen molar-refractivity contribution in [2.24, 2.45) is 5.92 Å². The predicted molar refractivity (Wildman–Crippen MR) is 116 cm³/mol. The number of halogens is 2. The van der Waals surface area contributed by atoms with Crippen LogP contribution in [0.2, 0.25) is 10.0 Å². The molecule has 2 fully saturated rings. The van der Waals surface area contributed by atoms with Crippen LogP contribution in [0.3, 0.4) is 0 Å². The molecule has 2 atom stereocenters. The normalized spacial score (nSPS) is 23.4. The number of amides is 1. The maximum absolute atomic E-state index is 13.2. The minimum absolute atomic E-state index is 0.0562. The van der Waals surface area contributed by atoms with Gasteiger partial charge in [-0.05, 0) is 37.5 Å². The Hall–Kier alpha value is -1.19. The van der Waals surface area contributed by atoms with Crippen LogP contribution in [0.5, 0.6) is 0 Å². The van der Waals surface area contributed by atoms with Gasteiger partial charge >= 0.3 is 0 Å². The summed E-state index contributed by atoms with van der Waals surface area (Å²) in [4.78, 5) is 19.4. The molecule has 0 bridgehead atoms. The van der Waals surface area contributed by atoms with Gasteiger partial charge in [-0.2, -0.15) is 0 Å². The lowest BCUT2D eigenvalue weighted by Crippen LogP contribution is -2.41. The van der Waals surface area contributed by atoms with Crippen molar-refractivity contribution < 1.29 is 17.9 Å². The smallest absolute Gasteiger partial charge is 0.233 e. The zero-order valence-electron chi connectivity index (χ0n) is 15.5. The van der Waals surface area contributed by atoms with Crippen LogP contribution < -0.4 is 4.90 Å². The van der Waals surface area contributed by atoms with Crippen LogP contribution >= 0.6 is 34.5 Å². The molecule has 3 heterocycles. The van der Waals surface area contributed by atoms with Gasteiger partial charge in [0.1, 0.15) is 0 Å². The van der Waals surface area contributed by atoms with Crippen LogP contribution in [0.4, 0.5) is 5.13 Å². The molecule has 1 aromatic heterocycles. The molecule has 0 aliphatic carbocycles. The molecule has 0 spiro atoms. The summed E-state index contributed by atoms with van der Waals surface area (Å²) in [6.07, 6.45) is 2.11. The second kappa shape index (κ2) is 8.51. The number of benzene rings is 1. The van der Waals surface area contributed by atoms with E-state index in [1.165, 1.54) is 11.3 Å². The van der Waals surface area contributed by atoms with Crippen molar-refractivity contribution in [3.05, 3.63) is 33.6 Å². The molecule has 2 saturated heterocycles. The molecule has 0 unspecified atom stereocenters. The Labute approximate surface area is 183 Å². The average molecular weight is 475 g/mol. The summed E-state index contributed by atoms with van der Waals surface area (Å²) in [5, 5.41) is 3.38. The third-order valence-electron chi connectivity index (χ3n) is 5.19. The molecule has 4 rings (SSSR count). The summed E-state index contributed by atoms with van der Waals surface area (Å²) in [5.74, 6) is -0.784. The highest BCUT2D eigenvalue weighted by atomic mass is 35.5. The maximum atomic E-state index is 13.2. The quantitative estimate of drug-likeness (QED) is 0.652. The van der Waals surface area contributed by atoms with E-state index in [0.717, 1.165) is 18.4 Å². The summed E-state index contributed by atoms with van der Waals surface area (Å²) in [5.41, 5.74) is 1.38. The number of hydrogen-bond donors (Lipinski definition) is 0. The molecule has 0 N–H and O–H groups in total. The van der Waals surface area contributed by atoms with Crippen LogP contribution in [0.25, 0.3) is 11.3 Å². The van der Waals surface area contributed by atoms with Crippen molar-refractivity contribution in [1.82, 2.24) is 4.98 Å². The van der Waals surface area contributed by atoms with Crippen molar-refractivity contribution in [3.8, 4) is 11.3 Å². The summed E-state index contributed by atoms with van der Waals surface area (Å²) < 4.78 is 29.4. The lowest BCUT2D eigenvalue weighted by Gasteiger charge is -2.25. The van der Waals surface area contributed by atoms with E-state index in [-0.39, 0.29) is 23.5 Å². The number of carbonyl (C=O) groups is 1. The first-order chi connectivity index (χ1) is 13.8. The van der Waals surface area contributed by atoms with E-state index in [1.807, 2.05) is 5.38 Å². The number of nitrogens with zero attached hydrogens (tertiary/aromatic N) is 2. The lowest BCUT2D eigenvalue weighted by molar-refractivity contribution is -0.122. The van der Waals surface area contributed by atoms with E-state index < -0.39 is 15.8 Å². The zero-order valence-corrected chi connectivity index (χ0v) is 18.7. The fourth-order valence-corrected chi connectivity index (χ4v) is 6.75. The Balaban J connectivity index is 1.62. The van der Waals surface area contributed by atoms with E-state index in [0.29, 0.717) is 40.4 Å². The molecule has 6 nitrogen and oxygen atoms in total. The van der Waals surface area contributed by atoms with Crippen LogP contribution in [0.1, 0.15) is 19.3 Å². The fourth-order valence-electron chi connectivity index (χ4n) is 3.67. The molecule has 2 aliphatic heterocycles. The van der Waals surface area contributed by atoms with E-state index in [4.69, 9.17) is 27.9 Å². The highest BCUT2D eigenvalue weighted by Crippen LogP contribution is 2.35. The summed E-state index contributed by atoms with van der Waals surface area (Å²) in [6, 6.07) is 5.18. The molecule has 0 radical (unpaired) electrons. The number of thiazole rings is 1. The molecule has 10 heteroatoms. The molecule has 2 aliphatic rings. The van der Waals surface area contributed by atoms with Crippen molar-refractivity contribution in [3.63, 3.8) is 0 Å². The van der Waals surface area contributed by atoms with Crippen LogP contribution in [0.15, 0.2) is 23.6 Å². The van der Waals surface area contributed by atoms with Crippen LogP contribution in [-0.4, -0.2) is 50.1 Å². The monoisotopic (exact) mass is 474 g/mol. The first-order valence-electron chi connectivity index (χ1n) is 9.37. The van der Waals surface area contributed by atoms with E-state index >= 15 is 0 Å². The number of aromatic nitrogens is 1. The second-order valence-corrected chi connectivity index (χ2v) is 11.2. The van der Waals surface area contributed by atoms with Crippen LogP contribution in [0, 0.1) is 5.92 Å². The van der Waals surface area contributed by atoms with Gasteiger partial charge in [-0.1, -0.05) is 23.2 Å². The zero-order chi connectivity index (χ0) is 20.6. The topological polar surface area (TPSA) is 76.6 Å². The van der Waals surface area contributed by atoms with Gasteiger partial charge in [0.05, 0.1) is 40.8 Å². The van der Waals surface area contributed by atoms with Crippen molar-refractivity contribution in [2.75, 3.05) is 29.6 Å². The standard InChI is InChI=1S/C19H20Cl2N2O4S2/c20-13-3-4-15(16(21)8-13)17-10-28-19(22-17)23(9-14-2-1-6-27-14)18(24)12-5-7-29(25,26)11-12/h3-4,8,10,12,14H,1-2,5-7,9,11H2/t12-,14-/m1/s1. The minimum Gasteiger partial charge on any atom is -0.376 e. The molecule has 156 valence electrons. The number of sulfone groups is 1. The Morgan fingerprint density at radius 3 is 2.79 bits per heavy atom. The van der Waals surface area contributed by atoms with Gasteiger partial charge in [0, 0.05) is 22.6 Å². The number of carbonyl (C=O) groups excluding carboxylic acids is 1. The van der Waals surface area contributed by atoms with Crippen molar-refractivity contribution in [2.45, 2.75) is 25.4 Å². The molecule has 1 amide bonds. The first-order valence-corrected chi connectivity index (χ1v) is 12.8. The minimum atomic E-state index is -3.16. The number of hydrogen-bond acceptors (Lipinski definition) is 6. The van der Waals surface area contributed by atoms with E-state index in [9.17, 15) is 13.2 Å². The van der Waals surface area contributed by atoms with Crippen LogP contribution in [-0.2, 0) is 19.4 Å². The van der Waals surface area contributed by atoms with Gasteiger partial charge in [0.25, 0.3) is 0 Å². The third-order valence-corrected chi connectivity index (χ3v) is 8.37. The summed E-state index contributed by atoms with van der Waals surface area (Å²) >= 11 is 13.6. The predicted octanol–water partition coefficient (Wildman–Crippen LogP) is 4.06. The summed E-state index contributed by atoms with van der Waals surface area (Å²) in [7, 11) is -3.16. The van der Waals surface area contributed by atoms with Crippen molar-refractivity contribution in [1.29, 1.82) is 0 Å². The Kier molecular flexibility index (Phi) is 6.18. The van der Waals surface area contributed by atoms with Gasteiger partial charge in [-0.3, -0.25) is 9.69 Å². The molecule has 1 aromatic carbocycles. The molecule has 2 aromatic rings. The van der Waals surface area contributed by atoms with E-state index in [2.05, 4.69) is 4.98 Å². The number of rotatable bonds is 5. The SMILES string of the molecule is O=C([C@@H]1CCS(=O)(=O)C1)N(C[C@H]1CCCO1)c1nc(-c2ccc(Cl)cc2Cl)cs1. The Bertz CT molecular complexity index is 1020. The van der Waals surface area contributed by atoms with Gasteiger partial charge in [0.15, 0.2) is 15.0 Å². The number of ether oxygens (including phenoxy) is 1. The second-order valence-electron chi connectivity index (χ2n) is 7.32. The maximum Gasteiger partial charge on any atom is 0.233 e. The molecular formula is C19H20Cl2N2O4S2. The lowest BCUT2D eigenvalue weighted by atomic mass is 10.1. The molecule has 0 saturated carbocycles. The number of anilines is 1. The van der Waals surface area contributed by atoms with Gasteiger partial charge in [0.2, 0.25) is 5.91 Å². The van der Waals surface area contributed by atoms with Gasteiger partial charge in [-0.25, -0.2) is 13.4 Å². The van der Waals surface area contributed by atoms with Gasteiger partial charge in [-0.15, -0.1) is 11.3 Å². The first kappa shape index (κ1) is 21.1. The largest absolute Gasteiger partial charge is 0.376 e. The Morgan fingerprint density at radius 1 is 1.31 bits per heavy atom.